The maximum atomic E-state index is 12.2. The molecular formula is C20H30N4O3. The minimum atomic E-state index is -0.458. The fourth-order valence-corrected chi connectivity index (χ4v) is 3.24. The van der Waals surface area contributed by atoms with Gasteiger partial charge < -0.3 is 10.6 Å². The number of benzene rings is 1. The lowest BCUT2D eigenvalue weighted by atomic mass is 9.96. The van der Waals surface area contributed by atoms with Crippen LogP contribution in [0.25, 0.3) is 0 Å². The van der Waals surface area contributed by atoms with Crippen molar-refractivity contribution >= 4 is 23.5 Å². The van der Waals surface area contributed by atoms with E-state index in [2.05, 4.69) is 16.0 Å². The third-order valence-electron chi connectivity index (χ3n) is 4.69. The molecule has 0 aliphatic heterocycles. The number of nitrogens with zero attached hydrogens (tertiary/aromatic N) is 1. The van der Waals surface area contributed by atoms with E-state index in [1.54, 1.807) is 11.9 Å². The number of carbonyl (C=O) groups is 3. The molecule has 1 aliphatic rings. The first-order valence-corrected chi connectivity index (χ1v) is 9.49. The topological polar surface area (TPSA) is 90.5 Å². The van der Waals surface area contributed by atoms with E-state index in [1.807, 2.05) is 32.0 Å². The Morgan fingerprint density at radius 3 is 2.41 bits per heavy atom. The van der Waals surface area contributed by atoms with Gasteiger partial charge in [-0.15, -0.1) is 0 Å². The number of aryl methyl sites for hydroxylation is 2. The van der Waals surface area contributed by atoms with Crippen molar-refractivity contribution in [3.05, 3.63) is 29.3 Å². The van der Waals surface area contributed by atoms with Crippen molar-refractivity contribution in [1.29, 1.82) is 0 Å². The maximum absolute atomic E-state index is 12.2. The van der Waals surface area contributed by atoms with E-state index in [-0.39, 0.29) is 25.0 Å². The smallest absolute Gasteiger partial charge is 0.321 e. The van der Waals surface area contributed by atoms with Crippen molar-refractivity contribution in [2.75, 3.05) is 25.5 Å². The van der Waals surface area contributed by atoms with Gasteiger partial charge in [0.05, 0.1) is 13.1 Å². The Labute approximate surface area is 160 Å². The molecule has 0 bridgehead atoms. The van der Waals surface area contributed by atoms with E-state index in [9.17, 15) is 14.4 Å². The zero-order valence-electron chi connectivity index (χ0n) is 16.4. The van der Waals surface area contributed by atoms with Crippen LogP contribution in [0.2, 0.25) is 0 Å². The minimum Gasteiger partial charge on any atom is -0.335 e. The number of amides is 4. The van der Waals surface area contributed by atoms with Crippen molar-refractivity contribution in [3.63, 3.8) is 0 Å². The highest BCUT2D eigenvalue weighted by Gasteiger charge is 2.18. The lowest BCUT2D eigenvalue weighted by Crippen LogP contribution is -2.48. The van der Waals surface area contributed by atoms with Gasteiger partial charge in [0.15, 0.2) is 0 Å². The molecule has 0 atom stereocenters. The van der Waals surface area contributed by atoms with Crippen molar-refractivity contribution in [3.8, 4) is 0 Å². The third-order valence-corrected chi connectivity index (χ3v) is 4.69. The van der Waals surface area contributed by atoms with E-state index < -0.39 is 11.9 Å². The molecule has 0 saturated heterocycles. The molecule has 148 valence electrons. The van der Waals surface area contributed by atoms with Gasteiger partial charge in [0.25, 0.3) is 0 Å². The van der Waals surface area contributed by atoms with Crippen LogP contribution in [0.4, 0.5) is 10.5 Å². The van der Waals surface area contributed by atoms with Gasteiger partial charge in [-0.3, -0.25) is 19.8 Å². The number of rotatable bonds is 6. The zero-order chi connectivity index (χ0) is 19.8. The molecule has 1 aromatic carbocycles. The number of hydrogen-bond acceptors (Lipinski definition) is 4. The van der Waals surface area contributed by atoms with Gasteiger partial charge in [0.1, 0.15) is 0 Å². The van der Waals surface area contributed by atoms with E-state index in [0.717, 1.165) is 42.5 Å². The predicted molar refractivity (Wildman–Crippen MR) is 106 cm³/mol. The van der Waals surface area contributed by atoms with Crippen LogP contribution in [-0.2, 0) is 9.59 Å². The molecule has 3 N–H and O–H groups in total. The molecule has 27 heavy (non-hydrogen) atoms. The van der Waals surface area contributed by atoms with Crippen molar-refractivity contribution in [1.82, 2.24) is 15.5 Å². The van der Waals surface area contributed by atoms with Crippen LogP contribution in [0, 0.1) is 13.8 Å². The minimum absolute atomic E-state index is 0.0295. The number of likely N-dealkylation sites (N-methyl/N-ethyl adjacent to an activating group) is 1. The number of hydrogen-bond donors (Lipinski definition) is 3. The molecule has 1 aliphatic carbocycles. The van der Waals surface area contributed by atoms with Gasteiger partial charge in [-0.1, -0.05) is 31.4 Å². The molecule has 2 rings (SSSR count). The van der Waals surface area contributed by atoms with E-state index in [1.165, 1.54) is 6.42 Å². The molecule has 0 heterocycles. The molecule has 7 heteroatoms. The third kappa shape index (κ3) is 7.38. The fraction of sp³-hybridized carbons (Fsp3) is 0.550. The van der Waals surface area contributed by atoms with Crippen LogP contribution in [-0.4, -0.2) is 48.9 Å². The SMILES string of the molecule is Cc1ccc(C)c(NC(=O)CN(C)CC(=O)NC(=O)NC2CCCCC2)c1. The summed E-state index contributed by atoms with van der Waals surface area (Å²) in [4.78, 5) is 37.7. The number of carbonyl (C=O) groups excluding carboxylic acids is 3. The van der Waals surface area contributed by atoms with E-state index >= 15 is 0 Å². The Kier molecular flexibility index (Phi) is 7.79. The summed E-state index contributed by atoms with van der Waals surface area (Å²) in [5.74, 6) is -0.629. The second kappa shape index (κ2) is 10.1. The summed E-state index contributed by atoms with van der Waals surface area (Å²) in [7, 11) is 1.67. The van der Waals surface area contributed by atoms with Crippen LogP contribution < -0.4 is 16.0 Å². The fourth-order valence-electron chi connectivity index (χ4n) is 3.24. The zero-order valence-corrected chi connectivity index (χ0v) is 16.4. The lowest BCUT2D eigenvalue weighted by molar-refractivity contribution is -0.122. The van der Waals surface area contributed by atoms with Crippen LogP contribution in [0.1, 0.15) is 43.2 Å². The largest absolute Gasteiger partial charge is 0.335 e. The molecule has 1 saturated carbocycles. The summed E-state index contributed by atoms with van der Waals surface area (Å²) in [6.07, 6.45) is 5.34. The summed E-state index contributed by atoms with van der Waals surface area (Å²) >= 11 is 0. The Morgan fingerprint density at radius 2 is 1.70 bits per heavy atom. The van der Waals surface area contributed by atoms with Crippen molar-refractivity contribution in [2.24, 2.45) is 0 Å². The van der Waals surface area contributed by atoms with Crippen LogP contribution in [0.15, 0.2) is 18.2 Å². The second-order valence-electron chi connectivity index (χ2n) is 7.40. The second-order valence-corrected chi connectivity index (χ2v) is 7.40. The number of urea groups is 1. The molecule has 0 aromatic heterocycles. The van der Waals surface area contributed by atoms with Gasteiger partial charge in [0, 0.05) is 11.7 Å². The van der Waals surface area contributed by atoms with Gasteiger partial charge >= 0.3 is 6.03 Å². The van der Waals surface area contributed by atoms with Crippen molar-refractivity contribution < 1.29 is 14.4 Å². The average molecular weight is 374 g/mol. The summed E-state index contributed by atoms with van der Waals surface area (Å²) in [5.41, 5.74) is 2.81. The highest BCUT2D eigenvalue weighted by molar-refractivity contribution is 5.96. The summed E-state index contributed by atoms with van der Waals surface area (Å²) in [6, 6.07) is 5.54. The van der Waals surface area contributed by atoms with Crippen LogP contribution in [0.5, 0.6) is 0 Å². The molecule has 7 nitrogen and oxygen atoms in total. The van der Waals surface area contributed by atoms with Gasteiger partial charge in [-0.2, -0.15) is 0 Å². The first-order chi connectivity index (χ1) is 12.8. The summed E-state index contributed by atoms with van der Waals surface area (Å²) in [5, 5.41) is 8.03. The van der Waals surface area contributed by atoms with Gasteiger partial charge in [-0.25, -0.2) is 4.79 Å². The summed E-state index contributed by atoms with van der Waals surface area (Å²) in [6.45, 7) is 3.92. The average Bonchev–Trinajstić information content (AvgIpc) is 2.58. The van der Waals surface area contributed by atoms with Crippen LogP contribution >= 0.6 is 0 Å². The number of nitrogens with one attached hydrogen (secondary N) is 3. The Bertz CT molecular complexity index is 684. The molecule has 0 spiro atoms. The van der Waals surface area contributed by atoms with E-state index in [4.69, 9.17) is 0 Å². The van der Waals surface area contributed by atoms with Crippen molar-refractivity contribution in [2.45, 2.75) is 52.0 Å². The van der Waals surface area contributed by atoms with Crippen LogP contribution in [0.3, 0.4) is 0 Å². The molecular weight excluding hydrogens is 344 g/mol. The highest BCUT2D eigenvalue weighted by Crippen LogP contribution is 2.17. The Hall–Kier alpha value is -2.41. The molecule has 0 unspecified atom stereocenters. The molecule has 1 fully saturated rings. The highest BCUT2D eigenvalue weighted by atomic mass is 16.2. The molecule has 4 amide bonds. The van der Waals surface area contributed by atoms with Gasteiger partial charge in [0.2, 0.25) is 11.8 Å². The first kappa shape index (κ1) is 20.9. The normalized spacial score (nSPS) is 14.7. The predicted octanol–water partition coefficient (Wildman–Crippen LogP) is 2.33. The standard InChI is InChI=1S/C20H30N4O3/c1-14-9-10-15(2)17(11-14)22-18(25)12-24(3)13-19(26)23-20(27)21-16-7-5-4-6-8-16/h9-11,16H,4-8,12-13H2,1-3H3,(H,22,25)(H2,21,23,26,27). The number of imide groups is 1. The maximum Gasteiger partial charge on any atom is 0.321 e. The lowest BCUT2D eigenvalue weighted by Gasteiger charge is -2.23. The Balaban J connectivity index is 1.72. The first-order valence-electron chi connectivity index (χ1n) is 9.49. The molecule has 0 radical (unpaired) electrons. The molecule has 1 aromatic rings. The quantitative estimate of drug-likeness (QED) is 0.713. The van der Waals surface area contributed by atoms with Gasteiger partial charge in [-0.05, 0) is 50.9 Å². The number of anilines is 1. The monoisotopic (exact) mass is 374 g/mol. The summed E-state index contributed by atoms with van der Waals surface area (Å²) < 4.78 is 0. The van der Waals surface area contributed by atoms with E-state index in [0.29, 0.717) is 0 Å². The Morgan fingerprint density at radius 1 is 1.04 bits per heavy atom.